The Morgan fingerprint density at radius 2 is 1.96 bits per heavy atom. The van der Waals surface area contributed by atoms with Crippen LogP contribution in [0.2, 0.25) is 0 Å². The number of aryl methyl sites for hydroxylation is 1. The zero-order valence-electron chi connectivity index (χ0n) is 17.3. The van der Waals surface area contributed by atoms with E-state index in [-0.39, 0.29) is 17.2 Å². The van der Waals surface area contributed by atoms with E-state index in [1.165, 1.54) is 5.56 Å². The van der Waals surface area contributed by atoms with Crippen molar-refractivity contribution in [2.45, 2.75) is 82.9 Å². The van der Waals surface area contributed by atoms with Gasteiger partial charge < -0.3 is 21.1 Å². The van der Waals surface area contributed by atoms with Gasteiger partial charge in [-0.2, -0.15) is 0 Å². The van der Waals surface area contributed by atoms with Crippen LogP contribution >= 0.6 is 0 Å². The minimum Gasteiger partial charge on any atom is -0.488 e. The molecule has 3 rings (SSSR count). The summed E-state index contributed by atoms with van der Waals surface area (Å²) in [5.74, 6) is -0.208. The molecule has 6 nitrogen and oxygen atoms in total. The van der Waals surface area contributed by atoms with Crippen molar-refractivity contribution in [3.05, 3.63) is 29.3 Å². The number of benzene rings is 1. The predicted molar refractivity (Wildman–Crippen MR) is 109 cm³/mol. The van der Waals surface area contributed by atoms with Gasteiger partial charge in [-0.1, -0.05) is 12.1 Å². The molecule has 1 fully saturated rings. The average Bonchev–Trinajstić information content (AvgIpc) is 3.35. The van der Waals surface area contributed by atoms with Crippen molar-refractivity contribution < 1.29 is 14.3 Å². The third kappa shape index (κ3) is 5.71. The van der Waals surface area contributed by atoms with Crippen LogP contribution in [0.1, 0.15) is 64.0 Å². The van der Waals surface area contributed by atoms with E-state index in [4.69, 9.17) is 10.5 Å². The van der Waals surface area contributed by atoms with Crippen molar-refractivity contribution in [3.8, 4) is 5.75 Å². The number of carbonyl (C=O) groups is 2. The monoisotopic (exact) mass is 387 g/mol. The first kappa shape index (κ1) is 20.6. The number of nitrogens with two attached hydrogens (primary N) is 1. The van der Waals surface area contributed by atoms with Gasteiger partial charge in [0.1, 0.15) is 11.4 Å². The lowest BCUT2D eigenvalue weighted by Gasteiger charge is -2.32. The number of carbonyl (C=O) groups excluding carboxylic acids is 2. The van der Waals surface area contributed by atoms with E-state index in [1.54, 1.807) is 0 Å². The molecule has 2 aliphatic rings. The first-order chi connectivity index (χ1) is 13.2. The third-order valence-corrected chi connectivity index (χ3v) is 5.66. The molecule has 154 valence electrons. The van der Waals surface area contributed by atoms with E-state index in [1.807, 2.05) is 19.1 Å². The molecule has 4 N–H and O–H groups in total. The highest BCUT2D eigenvalue weighted by atomic mass is 16.5. The van der Waals surface area contributed by atoms with Gasteiger partial charge in [0, 0.05) is 18.1 Å². The summed E-state index contributed by atoms with van der Waals surface area (Å²) in [6.07, 6.45) is 6.47. The molecule has 1 saturated carbocycles. The van der Waals surface area contributed by atoms with Crippen molar-refractivity contribution in [3.63, 3.8) is 0 Å². The van der Waals surface area contributed by atoms with Crippen LogP contribution in [0.4, 0.5) is 0 Å². The van der Waals surface area contributed by atoms with Crippen molar-refractivity contribution in [2.24, 2.45) is 5.73 Å². The summed E-state index contributed by atoms with van der Waals surface area (Å²) in [5, 5.41) is 5.46. The predicted octanol–water partition coefficient (Wildman–Crippen LogP) is 2.23. The molecule has 1 atom stereocenters. The van der Waals surface area contributed by atoms with Crippen molar-refractivity contribution in [1.29, 1.82) is 0 Å². The highest BCUT2D eigenvalue weighted by Crippen LogP contribution is 2.36. The zero-order valence-corrected chi connectivity index (χ0v) is 17.3. The number of fused-ring (bicyclic) bond motifs is 1. The lowest BCUT2D eigenvalue weighted by molar-refractivity contribution is -0.139. The Bertz CT molecular complexity index is 741. The number of rotatable bonds is 7. The maximum absolute atomic E-state index is 12.1. The fraction of sp³-hybridized carbons (Fsp3) is 0.636. The highest BCUT2D eigenvalue weighted by Gasteiger charge is 2.37. The molecule has 1 heterocycles. The molecule has 1 aromatic carbocycles. The SMILES string of the molecule is C[C@H](Cc1ccc2c(c1)CCC(C)(C)O2)NC(=O)C(=O)NCCCC1(N)CC1. The molecular weight excluding hydrogens is 354 g/mol. The second kappa shape index (κ2) is 8.11. The van der Waals surface area contributed by atoms with Gasteiger partial charge in [0.05, 0.1) is 0 Å². The van der Waals surface area contributed by atoms with E-state index in [2.05, 4.69) is 30.5 Å². The van der Waals surface area contributed by atoms with Gasteiger partial charge in [-0.3, -0.25) is 9.59 Å². The van der Waals surface area contributed by atoms with Crippen LogP contribution in [-0.2, 0) is 22.4 Å². The van der Waals surface area contributed by atoms with Crippen LogP contribution in [0.25, 0.3) is 0 Å². The summed E-state index contributed by atoms with van der Waals surface area (Å²) >= 11 is 0. The number of amides is 2. The number of nitrogens with one attached hydrogen (secondary N) is 2. The van der Waals surface area contributed by atoms with E-state index >= 15 is 0 Å². The fourth-order valence-electron chi connectivity index (χ4n) is 3.67. The number of ether oxygens (including phenoxy) is 1. The van der Waals surface area contributed by atoms with Crippen molar-refractivity contribution >= 4 is 11.8 Å². The molecule has 1 aliphatic carbocycles. The summed E-state index contributed by atoms with van der Waals surface area (Å²) < 4.78 is 6.02. The van der Waals surface area contributed by atoms with Crippen molar-refractivity contribution in [1.82, 2.24) is 10.6 Å². The number of hydrogen-bond acceptors (Lipinski definition) is 4. The van der Waals surface area contributed by atoms with Crippen LogP contribution < -0.4 is 21.1 Å². The Balaban J connectivity index is 1.42. The molecule has 1 aliphatic heterocycles. The van der Waals surface area contributed by atoms with Gasteiger partial charge in [-0.05, 0) is 82.9 Å². The Morgan fingerprint density at radius 3 is 2.68 bits per heavy atom. The summed E-state index contributed by atoms with van der Waals surface area (Å²) in [6.45, 7) is 6.61. The Morgan fingerprint density at radius 1 is 1.21 bits per heavy atom. The van der Waals surface area contributed by atoms with E-state index in [0.29, 0.717) is 13.0 Å². The maximum Gasteiger partial charge on any atom is 0.309 e. The lowest BCUT2D eigenvalue weighted by atomic mass is 9.92. The molecule has 0 saturated heterocycles. The van der Waals surface area contributed by atoms with Gasteiger partial charge >= 0.3 is 11.8 Å². The molecule has 1 aromatic rings. The highest BCUT2D eigenvalue weighted by molar-refractivity contribution is 6.35. The lowest BCUT2D eigenvalue weighted by Crippen LogP contribution is -2.44. The second-order valence-corrected chi connectivity index (χ2v) is 9.10. The largest absolute Gasteiger partial charge is 0.488 e. The van der Waals surface area contributed by atoms with Crippen LogP contribution in [0, 0.1) is 0 Å². The standard InChI is InChI=1S/C22H33N3O3/c1-15(25-20(27)19(26)24-12-4-8-22(23)10-11-22)13-16-5-6-18-17(14-16)7-9-21(2,3)28-18/h5-6,14-15H,4,7-13,23H2,1-3H3,(H,24,26)(H,25,27)/t15-/m1/s1. The first-order valence-electron chi connectivity index (χ1n) is 10.3. The smallest absolute Gasteiger partial charge is 0.309 e. The van der Waals surface area contributed by atoms with Crippen LogP contribution in [0.15, 0.2) is 18.2 Å². The molecule has 0 bridgehead atoms. The quantitative estimate of drug-likeness (QED) is 0.494. The van der Waals surface area contributed by atoms with E-state index < -0.39 is 11.8 Å². The topological polar surface area (TPSA) is 93.4 Å². The molecule has 6 heteroatoms. The Kier molecular flexibility index (Phi) is 5.98. The van der Waals surface area contributed by atoms with Crippen LogP contribution in [0.5, 0.6) is 5.75 Å². The van der Waals surface area contributed by atoms with Gasteiger partial charge in [0.25, 0.3) is 0 Å². The third-order valence-electron chi connectivity index (χ3n) is 5.66. The molecule has 28 heavy (non-hydrogen) atoms. The molecule has 0 spiro atoms. The number of hydrogen-bond donors (Lipinski definition) is 3. The maximum atomic E-state index is 12.1. The molecule has 2 amide bonds. The molecular formula is C22H33N3O3. The van der Waals surface area contributed by atoms with Gasteiger partial charge in [0.2, 0.25) is 0 Å². The fourth-order valence-corrected chi connectivity index (χ4v) is 3.67. The van der Waals surface area contributed by atoms with E-state index in [0.717, 1.165) is 49.8 Å². The van der Waals surface area contributed by atoms with Gasteiger partial charge in [0.15, 0.2) is 0 Å². The normalized spacial score (nSPS) is 19.7. The summed E-state index contributed by atoms with van der Waals surface area (Å²) in [4.78, 5) is 24.0. The Labute approximate surface area is 167 Å². The summed E-state index contributed by atoms with van der Waals surface area (Å²) in [6, 6.07) is 6.06. The molecule has 0 radical (unpaired) electrons. The minimum absolute atomic E-state index is 0.0167. The van der Waals surface area contributed by atoms with Crippen molar-refractivity contribution in [2.75, 3.05) is 6.54 Å². The van der Waals surface area contributed by atoms with Gasteiger partial charge in [-0.15, -0.1) is 0 Å². The average molecular weight is 388 g/mol. The minimum atomic E-state index is -0.579. The Hall–Kier alpha value is -2.08. The second-order valence-electron chi connectivity index (χ2n) is 9.10. The molecule has 0 unspecified atom stereocenters. The zero-order chi connectivity index (χ0) is 20.4. The summed E-state index contributed by atoms with van der Waals surface area (Å²) in [7, 11) is 0. The van der Waals surface area contributed by atoms with Crippen LogP contribution in [0.3, 0.4) is 0 Å². The van der Waals surface area contributed by atoms with E-state index in [9.17, 15) is 9.59 Å². The summed E-state index contributed by atoms with van der Waals surface area (Å²) in [5.41, 5.74) is 8.23. The molecule has 0 aromatic heterocycles. The van der Waals surface area contributed by atoms with Gasteiger partial charge in [-0.25, -0.2) is 0 Å². The first-order valence-corrected chi connectivity index (χ1v) is 10.3. The van der Waals surface area contributed by atoms with Crippen LogP contribution in [-0.4, -0.2) is 35.5 Å².